The van der Waals surface area contributed by atoms with E-state index in [2.05, 4.69) is 0 Å². The van der Waals surface area contributed by atoms with Gasteiger partial charge in [-0.05, 0) is 37.6 Å². The highest BCUT2D eigenvalue weighted by Crippen LogP contribution is 2.15. The second kappa shape index (κ2) is 4.72. The Labute approximate surface area is 104 Å². The lowest BCUT2D eigenvalue weighted by molar-refractivity contribution is -0.116. The van der Waals surface area contributed by atoms with Crippen LogP contribution in [0.4, 0.5) is 4.39 Å². The Balaban J connectivity index is 2.58. The number of Topliss-reactive ketones (excluding diaryl/α,β-unsaturated/α-hetero) is 1. The van der Waals surface area contributed by atoms with Crippen LogP contribution in [0, 0.1) is 5.82 Å². The van der Waals surface area contributed by atoms with Crippen molar-refractivity contribution in [3.05, 3.63) is 46.0 Å². The smallest absolute Gasteiger partial charge is 0.253 e. The number of pyridine rings is 1. The summed E-state index contributed by atoms with van der Waals surface area (Å²) in [7, 11) is 1.65. The number of rotatable bonds is 3. The highest BCUT2D eigenvalue weighted by atomic mass is 19.1. The van der Waals surface area contributed by atoms with Crippen LogP contribution in [-0.2, 0) is 18.3 Å². The highest BCUT2D eigenvalue weighted by molar-refractivity contribution is 5.80. The van der Waals surface area contributed by atoms with E-state index < -0.39 is 0 Å². The number of aryl methyl sites for hydroxylation is 2. The molecule has 2 aromatic rings. The van der Waals surface area contributed by atoms with Gasteiger partial charge in [0.25, 0.3) is 5.56 Å². The van der Waals surface area contributed by atoms with Gasteiger partial charge in [0.05, 0.1) is 5.52 Å². The number of hydrogen-bond acceptors (Lipinski definition) is 2. The van der Waals surface area contributed by atoms with Crippen LogP contribution in [0.15, 0.2) is 29.1 Å². The van der Waals surface area contributed by atoms with E-state index in [4.69, 9.17) is 0 Å². The molecule has 1 heterocycles. The standard InChI is InChI=1S/C14H14FNO2/c1-9(17)3-4-10-7-11-8-12(15)5-6-13(11)16(2)14(10)18/h5-8H,3-4H2,1-2H3. The van der Waals surface area contributed by atoms with E-state index in [0.29, 0.717) is 29.3 Å². The van der Waals surface area contributed by atoms with E-state index in [-0.39, 0.29) is 17.2 Å². The lowest BCUT2D eigenvalue weighted by atomic mass is 10.1. The molecule has 0 aliphatic carbocycles. The van der Waals surface area contributed by atoms with Crippen LogP contribution in [0.25, 0.3) is 10.9 Å². The number of ketones is 1. The van der Waals surface area contributed by atoms with Crippen molar-refractivity contribution < 1.29 is 9.18 Å². The van der Waals surface area contributed by atoms with E-state index in [1.807, 2.05) is 0 Å². The van der Waals surface area contributed by atoms with E-state index in [1.54, 1.807) is 19.2 Å². The molecule has 0 unspecified atom stereocenters. The number of hydrogen-bond donors (Lipinski definition) is 0. The SMILES string of the molecule is CC(=O)CCc1cc2cc(F)ccc2n(C)c1=O. The third-order valence-corrected chi connectivity index (χ3v) is 3.01. The monoisotopic (exact) mass is 247 g/mol. The van der Waals surface area contributed by atoms with Crippen LogP contribution in [0.5, 0.6) is 0 Å². The van der Waals surface area contributed by atoms with Gasteiger partial charge in [-0.2, -0.15) is 0 Å². The zero-order chi connectivity index (χ0) is 13.3. The molecule has 1 aromatic carbocycles. The molecule has 0 spiro atoms. The highest BCUT2D eigenvalue weighted by Gasteiger charge is 2.08. The molecule has 0 bridgehead atoms. The molecule has 2 rings (SSSR count). The van der Waals surface area contributed by atoms with Crippen molar-refractivity contribution in [1.82, 2.24) is 4.57 Å². The summed E-state index contributed by atoms with van der Waals surface area (Å²) in [4.78, 5) is 23.0. The van der Waals surface area contributed by atoms with Crippen molar-refractivity contribution in [2.45, 2.75) is 19.8 Å². The number of halogens is 1. The summed E-state index contributed by atoms with van der Waals surface area (Å²) < 4.78 is 14.7. The molecule has 0 aliphatic heterocycles. The van der Waals surface area contributed by atoms with Crippen LogP contribution in [0.3, 0.4) is 0 Å². The third kappa shape index (κ3) is 2.32. The first-order valence-electron chi connectivity index (χ1n) is 5.76. The summed E-state index contributed by atoms with van der Waals surface area (Å²) in [5.74, 6) is -0.296. The number of benzene rings is 1. The van der Waals surface area contributed by atoms with Crippen LogP contribution in [0.1, 0.15) is 18.9 Å². The molecule has 4 heteroatoms. The quantitative estimate of drug-likeness (QED) is 0.834. The van der Waals surface area contributed by atoms with Gasteiger partial charge in [0, 0.05) is 24.4 Å². The summed E-state index contributed by atoms with van der Waals surface area (Å²) in [6, 6.07) is 5.98. The van der Waals surface area contributed by atoms with Crippen molar-refractivity contribution in [3.8, 4) is 0 Å². The topological polar surface area (TPSA) is 39.1 Å². The molecule has 0 aliphatic rings. The van der Waals surface area contributed by atoms with E-state index >= 15 is 0 Å². The average molecular weight is 247 g/mol. The van der Waals surface area contributed by atoms with Crippen LogP contribution in [0.2, 0.25) is 0 Å². The molecule has 94 valence electrons. The molecule has 3 nitrogen and oxygen atoms in total. The van der Waals surface area contributed by atoms with Gasteiger partial charge in [0.1, 0.15) is 11.6 Å². The minimum absolute atomic E-state index is 0.0383. The van der Waals surface area contributed by atoms with Gasteiger partial charge in [-0.3, -0.25) is 4.79 Å². The van der Waals surface area contributed by atoms with Crippen LogP contribution in [-0.4, -0.2) is 10.4 Å². The molecular formula is C14H14FNO2. The summed E-state index contributed by atoms with van der Waals surface area (Å²) in [5.41, 5.74) is 1.11. The Morgan fingerprint density at radius 1 is 1.33 bits per heavy atom. The van der Waals surface area contributed by atoms with E-state index in [1.165, 1.54) is 23.6 Å². The maximum atomic E-state index is 13.2. The van der Waals surface area contributed by atoms with Gasteiger partial charge < -0.3 is 9.36 Å². The summed E-state index contributed by atoms with van der Waals surface area (Å²) >= 11 is 0. The zero-order valence-electron chi connectivity index (χ0n) is 10.4. The molecule has 0 amide bonds. The normalized spacial score (nSPS) is 10.8. The van der Waals surface area contributed by atoms with Gasteiger partial charge in [-0.1, -0.05) is 0 Å². The Kier molecular flexibility index (Phi) is 3.28. The lowest BCUT2D eigenvalue weighted by Crippen LogP contribution is -2.21. The van der Waals surface area contributed by atoms with Crippen molar-refractivity contribution in [1.29, 1.82) is 0 Å². The number of fused-ring (bicyclic) bond motifs is 1. The first kappa shape index (κ1) is 12.5. The summed E-state index contributed by atoms with van der Waals surface area (Å²) in [6.07, 6.45) is 0.727. The molecule has 1 aromatic heterocycles. The molecule has 0 atom stereocenters. The van der Waals surface area contributed by atoms with Crippen molar-refractivity contribution in [3.63, 3.8) is 0 Å². The molecule has 0 N–H and O–H groups in total. The Hall–Kier alpha value is -1.97. The van der Waals surface area contributed by atoms with Gasteiger partial charge in [-0.15, -0.1) is 0 Å². The fourth-order valence-corrected chi connectivity index (χ4v) is 2.01. The average Bonchev–Trinajstić information content (AvgIpc) is 2.31. The predicted octanol–water partition coefficient (Wildman–Crippen LogP) is 2.20. The van der Waals surface area contributed by atoms with Crippen LogP contribution >= 0.6 is 0 Å². The number of aromatic nitrogens is 1. The molecule has 0 saturated heterocycles. The maximum absolute atomic E-state index is 13.2. The second-order valence-corrected chi connectivity index (χ2v) is 4.44. The van der Waals surface area contributed by atoms with Gasteiger partial charge in [0.2, 0.25) is 0 Å². The first-order chi connectivity index (χ1) is 8.49. The molecule has 18 heavy (non-hydrogen) atoms. The maximum Gasteiger partial charge on any atom is 0.253 e. The largest absolute Gasteiger partial charge is 0.311 e. The van der Waals surface area contributed by atoms with E-state index in [9.17, 15) is 14.0 Å². The molecular weight excluding hydrogens is 233 g/mol. The third-order valence-electron chi connectivity index (χ3n) is 3.01. The Morgan fingerprint density at radius 2 is 2.06 bits per heavy atom. The Morgan fingerprint density at radius 3 is 2.72 bits per heavy atom. The van der Waals surface area contributed by atoms with Crippen molar-refractivity contribution >= 4 is 16.7 Å². The summed E-state index contributed by atoms with van der Waals surface area (Å²) in [5, 5.41) is 0.677. The Bertz CT molecular complexity index is 673. The van der Waals surface area contributed by atoms with E-state index in [0.717, 1.165) is 0 Å². The second-order valence-electron chi connectivity index (χ2n) is 4.44. The minimum atomic E-state index is -0.335. The molecule has 0 saturated carbocycles. The number of carbonyl (C=O) groups is 1. The molecule has 0 fully saturated rings. The van der Waals surface area contributed by atoms with Crippen LogP contribution < -0.4 is 5.56 Å². The zero-order valence-corrected chi connectivity index (χ0v) is 10.4. The predicted molar refractivity (Wildman–Crippen MR) is 68.1 cm³/mol. The fourth-order valence-electron chi connectivity index (χ4n) is 2.01. The van der Waals surface area contributed by atoms with Gasteiger partial charge in [-0.25, -0.2) is 4.39 Å². The fraction of sp³-hybridized carbons (Fsp3) is 0.286. The molecule has 0 radical (unpaired) electrons. The van der Waals surface area contributed by atoms with Gasteiger partial charge in [0.15, 0.2) is 0 Å². The summed E-state index contributed by atoms with van der Waals surface area (Å²) in [6.45, 7) is 1.49. The van der Waals surface area contributed by atoms with Gasteiger partial charge >= 0.3 is 0 Å². The minimum Gasteiger partial charge on any atom is -0.311 e. The number of nitrogens with zero attached hydrogens (tertiary/aromatic N) is 1. The first-order valence-corrected chi connectivity index (χ1v) is 5.76. The number of carbonyl (C=O) groups excluding carboxylic acids is 1. The lowest BCUT2D eigenvalue weighted by Gasteiger charge is -2.08. The van der Waals surface area contributed by atoms with Crippen molar-refractivity contribution in [2.24, 2.45) is 7.05 Å². The van der Waals surface area contributed by atoms with Crippen molar-refractivity contribution in [2.75, 3.05) is 0 Å².